The summed E-state index contributed by atoms with van der Waals surface area (Å²) < 4.78 is 5.49. The number of nitrogens with one attached hydrogen (secondary N) is 2. The number of ether oxygens (including phenoxy) is 1. The maximum atomic E-state index is 12.6. The van der Waals surface area contributed by atoms with Crippen molar-refractivity contribution < 1.29 is 4.74 Å². The predicted octanol–water partition coefficient (Wildman–Crippen LogP) is 5.00. The number of morpholine rings is 1. The number of benzene rings is 2. The Morgan fingerprint density at radius 2 is 1.91 bits per heavy atom. The summed E-state index contributed by atoms with van der Waals surface area (Å²) in [6.45, 7) is 5.19. The molecule has 0 bridgehead atoms. The molecule has 0 amide bonds. The average molecular weight is 507 g/mol. The molecule has 6 rings (SSSR count). The summed E-state index contributed by atoms with van der Waals surface area (Å²) in [5.41, 5.74) is 4.01. The Hall–Kier alpha value is -2.39. The zero-order valence-electron chi connectivity index (χ0n) is 19.9. The van der Waals surface area contributed by atoms with E-state index in [0.29, 0.717) is 19.3 Å². The molecule has 1 atom stereocenters. The molecule has 8 heteroatoms. The van der Waals surface area contributed by atoms with Crippen LogP contribution in [0.4, 0.5) is 11.4 Å². The lowest BCUT2D eigenvalue weighted by Gasteiger charge is -2.29. The molecule has 2 N–H and O–H groups in total. The zero-order chi connectivity index (χ0) is 23.8. The first-order valence-electron chi connectivity index (χ1n) is 12.3. The van der Waals surface area contributed by atoms with Gasteiger partial charge in [0.05, 0.1) is 18.9 Å². The SMILES string of the molecule is CN1CCCC1CNc1ccc2c(c1)Sc1cccc(-c3cc(N4CCOCC4)cc(=O)[nH]3)c1S2. The maximum Gasteiger partial charge on any atom is 0.250 e. The number of fused-ring (bicyclic) bond motifs is 2. The number of aromatic amines is 1. The number of nitrogens with zero attached hydrogens (tertiary/aromatic N) is 2. The lowest BCUT2D eigenvalue weighted by Crippen LogP contribution is -2.36. The van der Waals surface area contributed by atoms with E-state index in [2.05, 4.69) is 69.6 Å². The highest BCUT2D eigenvalue weighted by Crippen LogP contribution is 2.52. The van der Waals surface area contributed by atoms with Crippen molar-refractivity contribution in [2.24, 2.45) is 0 Å². The van der Waals surface area contributed by atoms with Gasteiger partial charge in [0.25, 0.3) is 0 Å². The summed E-state index contributed by atoms with van der Waals surface area (Å²) in [6, 6.07) is 17.5. The fourth-order valence-electron chi connectivity index (χ4n) is 5.07. The van der Waals surface area contributed by atoms with Gasteiger partial charge in [0.2, 0.25) is 5.56 Å². The van der Waals surface area contributed by atoms with Crippen molar-refractivity contribution in [3.63, 3.8) is 0 Å². The second-order valence-corrected chi connectivity index (χ2v) is 11.5. The number of aromatic nitrogens is 1. The highest BCUT2D eigenvalue weighted by atomic mass is 32.2. The van der Waals surface area contributed by atoms with Crippen molar-refractivity contribution in [2.75, 3.05) is 56.7 Å². The topological polar surface area (TPSA) is 60.6 Å². The predicted molar refractivity (Wildman–Crippen MR) is 144 cm³/mol. The number of rotatable bonds is 5. The van der Waals surface area contributed by atoms with E-state index < -0.39 is 0 Å². The molecular formula is C27H30N4O2S2. The Balaban J connectivity index is 1.26. The molecule has 0 radical (unpaired) electrons. The van der Waals surface area contributed by atoms with Crippen molar-refractivity contribution in [3.8, 4) is 11.3 Å². The molecule has 2 saturated heterocycles. The largest absolute Gasteiger partial charge is 0.383 e. The van der Waals surface area contributed by atoms with Gasteiger partial charge in [0.15, 0.2) is 0 Å². The van der Waals surface area contributed by atoms with Crippen LogP contribution in [0.3, 0.4) is 0 Å². The highest BCUT2D eigenvalue weighted by Gasteiger charge is 2.23. The molecule has 6 nitrogen and oxygen atoms in total. The molecule has 2 fully saturated rings. The molecule has 0 aliphatic carbocycles. The first kappa shape index (κ1) is 23.0. The van der Waals surface area contributed by atoms with Gasteiger partial charge in [-0.15, -0.1) is 0 Å². The standard InChI is InChI=1S/C27H30N4O2S2/c1-30-9-3-4-19(30)17-28-18-7-8-23-25(14-18)34-24-6-2-5-21(27(24)35-23)22-15-20(16-26(32)29-22)31-10-12-33-13-11-31/h2,5-8,14-16,19,28H,3-4,9-13,17H2,1H3,(H,29,32). The molecule has 3 aromatic rings. The van der Waals surface area contributed by atoms with E-state index in [-0.39, 0.29) is 5.56 Å². The van der Waals surface area contributed by atoms with Crippen molar-refractivity contribution in [2.45, 2.75) is 38.5 Å². The summed E-state index contributed by atoms with van der Waals surface area (Å²) >= 11 is 3.60. The molecule has 3 aliphatic heterocycles. The minimum atomic E-state index is -0.0703. The van der Waals surface area contributed by atoms with Gasteiger partial charge < -0.3 is 24.8 Å². The minimum Gasteiger partial charge on any atom is -0.383 e. The molecule has 35 heavy (non-hydrogen) atoms. The number of likely N-dealkylation sites (tertiary alicyclic amines) is 1. The number of hydrogen-bond acceptors (Lipinski definition) is 7. The minimum absolute atomic E-state index is 0.0703. The van der Waals surface area contributed by atoms with Gasteiger partial charge in [-0.05, 0) is 56.8 Å². The van der Waals surface area contributed by atoms with Gasteiger partial charge in [-0.25, -0.2) is 0 Å². The molecule has 4 heterocycles. The second kappa shape index (κ2) is 9.93. The van der Waals surface area contributed by atoms with Gasteiger partial charge >= 0.3 is 0 Å². The second-order valence-electron chi connectivity index (χ2n) is 9.37. The van der Waals surface area contributed by atoms with Crippen LogP contribution in [0.2, 0.25) is 0 Å². The van der Waals surface area contributed by atoms with Crippen LogP contribution in [0.25, 0.3) is 11.3 Å². The van der Waals surface area contributed by atoms with Gasteiger partial charge in [-0.1, -0.05) is 35.7 Å². The summed E-state index contributed by atoms with van der Waals surface area (Å²) in [6.07, 6.45) is 2.56. The maximum absolute atomic E-state index is 12.6. The Bertz CT molecular complexity index is 1290. The Kier molecular flexibility index (Phi) is 6.54. The molecule has 1 aromatic heterocycles. The summed E-state index contributed by atoms with van der Waals surface area (Å²) in [7, 11) is 2.22. The highest BCUT2D eigenvalue weighted by molar-refractivity contribution is 8.05. The van der Waals surface area contributed by atoms with E-state index >= 15 is 0 Å². The monoisotopic (exact) mass is 506 g/mol. The van der Waals surface area contributed by atoms with E-state index in [9.17, 15) is 4.79 Å². The molecule has 0 saturated carbocycles. The van der Waals surface area contributed by atoms with E-state index in [0.717, 1.165) is 36.6 Å². The first-order valence-corrected chi connectivity index (χ1v) is 13.9. The van der Waals surface area contributed by atoms with Gasteiger partial charge in [0, 0.05) is 68.3 Å². The Morgan fingerprint density at radius 1 is 1.03 bits per heavy atom. The van der Waals surface area contributed by atoms with Gasteiger partial charge in [0.1, 0.15) is 0 Å². The quantitative estimate of drug-likeness (QED) is 0.395. The normalized spacial score (nSPS) is 19.9. The van der Waals surface area contributed by atoms with Crippen LogP contribution in [-0.4, -0.2) is 62.4 Å². The summed E-state index contributed by atoms with van der Waals surface area (Å²) in [5, 5.41) is 3.65. The lowest BCUT2D eigenvalue weighted by molar-refractivity contribution is 0.122. The van der Waals surface area contributed by atoms with Crippen LogP contribution >= 0.6 is 23.5 Å². The molecule has 1 unspecified atom stereocenters. The van der Waals surface area contributed by atoms with E-state index in [1.54, 1.807) is 17.8 Å². The molecule has 182 valence electrons. The summed E-state index contributed by atoms with van der Waals surface area (Å²) in [4.78, 5) is 25.3. The average Bonchev–Trinajstić information content (AvgIpc) is 3.30. The van der Waals surface area contributed by atoms with Gasteiger partial charge in [-0.2, -0.15) is 0 Å². The van der Waals surface area contributed by atoms with Crippen LogP contribution in [0.15, 0.2) is 72.9 Å². The zero-order valence-corrected chi connectivity index (χ0v) is 21.5. The van der Waals surface area contributed by atoms with E-state index in [1.807, 2.05) is 11.8 Å². The lowest BCUT2D eigenvalue weighted by atomic mass is 10.1. The fraction of sp³-hybridized carbons (Fsp3) is 0.370. The molecule has 3 aliphatic rings. The molecule has 0 spiro atoms. The van der Waals surface area contributed by atoms with Crippen LogP contribution in [0, 0.1) is 0 Å². The smallest absolute Gasteiger partial charge is 0.250 e. The third kappa shape index (κ3) is 4.85. The third-order valence-corrected chi connectivity index (χ3v) is 9.66. The van der Waals surface area contributed by atoms with Gasteiger partial charge in [-0.3, -0.25) is 4.79 Å². The van der Waals surface area contributed by atoms with Crippen LogP contribution < -0.4 is 15.8 Å². The van der Waals surface area contributed by atoms with Crippen LogP contribution in [-0.2, 0) is 4.74 Å². The molecular weight excluding hydrogens is 476 g/mol. The van der Waals surface area contributed by atoms with Crippen molar-refractivity contribution >= 4 is 34.9 Å². The number of hydrogen-bond donors (Lipinski definition) is 2. The number of anilines is 2. The van der Waals surface area contributed by atoms with E-state index in [1.165, 1.54) is 44.7 Å². The van der Waals surface area contributed by atoms with Crippen molar-refractivity contribution in [1.29, 1.82) is 0 Å². The molecule has 2 aromatic carbocycles. The van der Waals surface area contributed by atoms with Crippen LogP contribution in [0.1, 0.15) is 12.8 Å². The number of pyridine rings is 1. The Morgan fingerprint density at radius 3 is 2.74 bits per heavy atom. The van der Waals surface area contributed by atoms with E-state index in [4.69, 9.17) is 4.74 Å². The third-order valence-electron chi connectivity index (χ3n) is 7.06. The summed E-state index contributed by atoms with van der Waals surface area (Å²) in [5.74, 6) is 0. The number of H-pyrrole nitrogens is 1. The first-order chi connectivity index (χ1) is 17.1. The van der Waals surface area contributed by atoms with Crippen LogP contribution in [0.5, 0.6) is 0 Å². The van der Waals surface area contributed by atoms with Crippen molar-refractivity contribution in [3.05, 3.63) is 58.9 Å². The van der Waals surface area contributed by atoms with Crippen molar-refractivity contribution in [1.82, 2.24) is 9.88 Å². The Labute approximate surface area is 214 Å². The number of likely N-dealkylation sites (N-methyl/N-ethyl adjacent to an activating group) is 1. The fourth-order valence-corrected chi connectivity index (χ4v) is 7.49.